The number of hydrogen-bond acceptors (Lipinski definition) is 6. The van der Waals surface area contributed by atoms with E-state index in [0.717, 1.165) is 38.5 Å². The molecule has 0 aliphatic heterocycles. The van der Waals surface area contributed by atoms with Gasteiger partial charge in [-0.15, -0.1) is 0 Å². The highest BCUT2D eigenvalue weighted by Gasteiger charge is 2.24. The molecule has 0 aliphatic carbocycles. The number of hydrogen-bond donors (Lipinski definition) is 2. The monoisotopic (exact) mass is 718 g/mol. The largest absolute Gasteiger partial charge is 0.326 e. The number of benzene rings is 4. The van der Waals surface area contributed by atoms with Gasteiger partial charge in [0, 0.05) is 37.3 Å². The number of carbonyl (C=O) groups excluding carboxylic acids is 2. The fourth-order valence-corrected chi connectivity index (χ4v) is 8.52. The maximum absolute atomic E-state index is 13.2. The van der Waals surface area contributed by atoms with Crippen molar-refractivity contribution in [2.24, 2.45) is 0 Å². The van der Waals surface area contributed by atoms with Crippen LogP contribution < -0.4 is 19.2 Å². The fraction of sp³-hybridized carbons (Fsp3) is 0.316. The molecule has 0 aliphatic rings. The van der Waals surface area contributed by atoms with Crippen molar-refractivity contribution >= 4 is 54.6 Å². The van der Waals surface area contributed by atoms with Crippen LogP contribution in [0.2, 0.25) is 0 Å². The summed E-state index contributed by atoms with van der Waals surface area (Å²) in [5.41, 5.74) is 2.28. The van der Waals surface area contributed by atoms with Gasteiger partial charge in [0.2, 0.25) is 11.8 Å². The highest BCUT2D eigenvalue weighted by molar-refractivity contribution is 7.93. The molecule has 4 rings (SSSR count). The molecule has 2 amide bonds. The Morgan fingerprint density at radius 1 is 0.480 bits per heavy atom. The molecular weight excluding hydrogens is 673 g/mol. The Hall–Kier alpha value is -4.68. The number of sulfonamides is 2. The fourth-order valence-electron chi connectivity index (χ4n) is 5.57. The Labute approximate surface area is 296 Å². The minimum Gasteiger partial charge on any atom is -0.326 e. The van der Waals surface area contributed by atoms with E-state index in [1.54, 1.807) is 86.6 Å². The predicted molar refractivity (Wildman–Crippen MR) is 200 cm³/mol. The van der Waals surface area contributed by atoms with E-state index < -0.39 is 20.0 Å². The van der Waals surface area contributed by atoms with Gasteiger partial charge in [-0.05, 0) is 99.5 Å². The molecule has 0 spiro atoms. The van der Waals surface area contributed by atoms with Gasteiger partial charge in [-0.2, -0.15) is 0 Å². The average Bonchev–Trinajstić information content (AvgIpc) is 3.11. The summed E-state index contributed by atoms with van der Waals surface area (Å²) in [7, 11) is -7.47. The minimum atomic E-state index is -3.73. The maximum atomic E-state index is 13.2. The zero-order valence-corrected chi connectivity index (χ0v) is 30.3. The average molecular weight is 719 g/mol. The van der Waals surface area contributed by atoms with Gasteiger partial charge >= 0.3 is 0 Å². The van der Waals surface area contributed by atoms with Crippen molar-refractivity contribution in [1.29, 1.82) is 0 Å². The molecule has 0 bridgehead atoms. The minimum absolute atomic E-state index is 0.124. The lowest BCUT2D eigenvalue weighted by atomic mass is 10.1. The number of anilines is 4. The van der Waals surface area contributed by atoms with E-state index in [4.69, 9.17) is 0 Å². The van der Waals surface area contributed by atoms with E-state index in [2.05, 4.69) is 10.6 Å². The molecule has 4 aromatic rings. The molecule has 0 fully saturated rings. The number of amides is 2. The molecule has 2 N–H and O–H groups in total. The number of nitrogens with zero attached hydrogens (tertiary/aromatic N) is 2. The molecule has 50 heavy (non-hydrogen) atoms. The van der Waals surface area contributed by atoms with Crippen molar-refractivity contribution in [3.05, 3.63) is 109 Å². The molecule has 0 saturated carbocycles. The van der Waals surface area contributed by atoms with Crippen molar-refractivity contribution in [3.63, 3.8) is 0 Å². The SMILES string of the molecule is CCN(c1ccccc1)S(=O)(=O)c1ccc(NC(=O)CCCCCCCCC(=O)Nc2ccc(S(=O)(=O)N(CC)c3ccccc3)cc2)cc1. The number of para-hydroxylation sites is 2. The molecule has 0 aromatic heterocycles. The summed E-state index contributed by atoms with van der Waals surface area (Å²) in [6, 6.07) is 30.3. The third kappa shape index (κ3) is 10.4. The second-order valence-corrected chi connectivity index (χ2v) is 15.5. The molecule has 10 nitrogen and oxygen atoms in total. The van der Waals surface area contributed by atoms with Crippen LogP contribution in [0.15, 0.2) is 119 Å². The second-order valence-electron chi connectivity index (χ2n) is 11.8. The van der Waals surface area contributed by atoms with Crippen LogP contribution in [-0.2, 0) is 29.6 Å². The van der Waals surface area contributed by atoms with Crippen LogP contribution in [0.25, 0.3) is 0 Å². The first-order chi connectivity index (χ1) is 24.1. The summed E-state index contributed by atoms with van der Waals surface area (Å²) >= 11 is 0. The zero-order chi connectivity index (χ0) is 36.0. The standard InChI is InChI=1S/C38H46N4O6S2/c1-3-41(33-17-11-9-12-18-33)49(45,46)35-27-23-31(24-28-35)39-37(43)21-15-7-5-6-8-16-22-38(44)40-32-25-29-36(30-26-32)50(47,48)42(4-2)34-19-13-10-14-20-34/h9-14,17-20,23-30H,3-8,15-16,21-22H2,1-2H3,(H,39,43)(H,40,44). The van der Waals surface area contributed by atoms with Gasteiger partial charge in [-0.3, -0.25) is 18.2 Å². The summed E-state index contributed by atoms with van der Waals surface area (Å²) in [6.07, 6.45) is 5.86. The van der Waals surface area contributed by atoms with Crippen molar-refractivity contribution in [2.45, 2.75) is 75.0 Å². The van der Waals surface area contributed by atoms with E-state index in [9.17, 15) is 26.4 Å². The van der Waals surface area contributed by atoms with E-state index in [-0.39, 0.29) is 21.6 Å². The van der Waals surface area contributed by atoms with Crippen LogP contribution in [0, 0.1) is 0 Å². The molecule has 4 aromatic carbocycles. The van der Waals surface area contributed by atoms with Gasteiger partial charge in [0.25, 0.3) is 20.0 Å². The highest BCUT2D eigenvalue weighted by atomic mass is 32.2. The number of rotatable bonds is 19. The quantitative estimate of drug-likeness (QED) is 0.0951. The molecule has 266 valence electrons. The van der Waals surface area contributed by atoms with Gasteiger partial charge in [-0.25, -0.2) is 16.8 Å². The van der Waals surface area contributed by atoms with Crippen LogP contribution in [0.4, 0.5) is 22.7 Å². The number of unbranched alkanes of at least 4 members (excludes halogenated alkanes) is 5. The van der Waals surface area contributed by atoms with Gasteiger partial charge in [-0.1, -0.05) is 62.1 Å². The Morgan fingerprint density at radius 3 is 1.12 bits per heavy atom. The molecule has 12 heteroatoms. The normalized spacial score (nSPS) is 11.5. The summed E-state index contributed by atoms with van der Waals surface area (Å²) < 4.78 is 55.4. The van der Waals surface area contributed by atoms with E-state index in [0.29, 0.717) is 48.7 Å². The molecule has 0 atom stereocenters. The van der Waals surface area contributed by atoms with Crippen LogP contribution >= 0.6 is 0 Å². The van der Waals surface area contributed by atoms with Crippen molar-refractivity contribution < 1.29 is 26.4 Å². The van der Waals surface area contributed by atoms with Gasteiger partial charge in [0.1, 0.15) is 0 Å². The van der Waals surface area contributed by atoms with Crippen LogP contribution in [0.1, 0.15) is 65.2 Å². The third-order valence-electron chi connectivity index (χ3n) is 8.17. The van der Waals surface area contributed by atoms with Crippen LogP contribution in [0.3, 0.4) is 0 Å². The van der Waals surface area contributed by atoms with E-state index >= 15 is 0 Å². The Bertz CT molecular complexity index is 1750. The van der Waals surface area contributed by atoms with Crippen molar-refractivity contribution in [3.8, 4) is 0 Å². The lowest BCUT2D eigenvalue weighted by molar-refractivity contribution is -0.117. The van der Waals surface area contributed by atoms with Crippen molar-refractivity contribution in [1.82, 2.24) is 0 Å². The van der Waals surface area contributed by atoms with E-state index in [1.807, 2.05) is 12.1 Å². The predicted octanol–water partition coefficient (Wildman–Crippen LogP) is 7.82. The lowest BCUT2D eigenvalue weighted by Gasteiger charge is -2.23. The number of nitrogens with one attached hydrogen (secondary N) is 2. The maximum Gasteiger partial charge on any atom is 0.264 e. The summed E-state index contributed by atoms with van der Waals surface area (Å²) in [5, 5.41) is 5.68. The third-order valence-corrected chi connectivity index (χ3v) is 12.0. The van der Waals surface area contributed by atoms with Crippen molar-refractivity contribution in [2.75, 3.05) is 32.3 Å². The summed E-state index contributed by atoms with van der Waals surface area (Å²) in [5.74, 6) is -0.248. The Balaban J connectivity index is 1.10. The zero-order valence-electron chi connectivity index (χ0n) is 28.6. The van der Waals surface area contributed by atoms with E-state index in [1.165, 1.54) is 32.9 Å². The topological polar surface area (TPSA) is 133 Å². The molecule has 0 heterocycles. The highest BCUT2D eigenvalue weighted by Crippen LogP contribution is 2.26. The molecule has 0 saturated heterocycles. The Morgan fingerprint density at radius 2 is 0.800 bits per heavy atom. The smallest absolute Gasteiger partial charge is 0.264 e. The van der Waals surface area contributed by atoms with Crippen LogP contribution in [0.5, 0.6) is 0 Å². The van der Waals surface area contributed by atoms with Gasteiger partial charge in [0.05, 0.1) is 21.2 Å². The van der Waals surface area contributed by atoms with Gasteiger partial charge < -0.3 is 10.6 Å². The van der Waals surface area contributed by atoms with Crippen LogP contribution in [-0.4, -0.2) is 41.7 Å². The summed E-state index contributed by atoms with van der Waals surface area (Å²) in [4.78, 5) is 25.2. The lowest BCUT2D eigenvalue weighted by Crippen LogP contribution is -2.30. The first-order valence-corrected chi connectivity index (χ1v) is 19.9. The number of carbonyl (C=O) groups is 2. The molecule has 0 radical (unpaired) electrons. The first-order valence-electron chi connectivity index (χ1n) is 17.0. The molecule has 0 unspecified atom stereocenters. The van der Waals surface area contributed by atoms with Gasteiger partial charge in [0.15, 0.2) is 0 Å². The first kappa shape index (κ1) is 38.1. The summed E-state index contributed by atoms with van der Waals surface area (Å²) in [6.45, 7) is 4.16. The Kier molecular flexibility index (Phi) is 14.0. The second kappa shape index (κ2) is 18.4. The molecular formula is C38H46N4O6S2.